The first-order valence-electron chi connectivity index (χ1n) is 7.09. The molecule has 0 radical (unpaired) electrons. The third-order valence-corrected chi connectivity index (χ3v) is 4.29. The molecule has 1 fully saturated rings. The minimum atomic E-state index is 0.392. The van der Waals surface area contributed by atoms with Crippen molar-refractivity contribution in [3.05, 3.63) is 28.2 Å². The summed E-state index contributed by atoms with van der Waals surface area (Å²) in [6.45, 7) is 7.41. The second kappa shape index (κ2) is 7.27. The fourth-order valence-corrected chi connectivity index (χ4v) is 3.08. The fourth-order valence-electron chi connectivity index (χ4n) is 2.67. The summed E-state index contributed by atoms with van der Waals surface area (Å²) < 4.78 is 1.02. The van der Waals surface area contributed by atoms with Gasteiger partial charge in [-0.2, -0.15) is 0 Å². The van der Waals surface area contributed by atoms with E-state index in [2.05, 4.69) is 33.1 Å². The van der Waals surface area contributed by atoms with E-state index in [9.17, 15) is 5.11 Å². The third-order valence-electron chi connectivity index (χ3n) is 3.80. The van der Waals surface area contributed by atoms with Crippen molar-refractivity contribution in [2.24, 2.45) is 5.92 Å². The van der Waals surface area contributed by atoms with Crippen molar-refractivity contribution in [3.63, 3.8) is 0 Å². The summed E-state index contributed by atoms with van der Waals surface area (Å²) in [6.07, 6.45) is 2.60. The first-order chi connectivity index (χ1) is 9.19. The van der Waals surface area contributed by atoms with Crippen LogP contribution in [0.5, 0.6) is 5.75 Å². The molecule has 0 amide bonds. The van der Waals surface area contributed by atoms with Gasteiger partial charge in [-0.15, -0.1) is 0 Å². The minimum absolute atomic E-state index is 0.392. The van der Waals surface area contributed by atoms with Crippen LogP contribution in [0.3, 0.4) is 0 Å². The van der Waals surface area contributed by atoms with Crippen molar-refractivity contribution in [1.82, 2.24) is 10.2 Å². The molecule has 0 aromatic heterocycles. The Morgan fingerprint density at radius 3 is 3.00 bits per heavy atom. The van der Waals surface area contributed by atoms with Gasteiger partial charge < -0.3 is 10.4 Å². The lowest BCUT2D eigenvalue weighted by atomic mass is 9.99. The molecule has 0 aliphatic carbocycles. The van der Waals surface area contributed by atoms with Crippen molar-refractivity contribution in [2.45, 2.75) is 26.3 Å². The number of benzene rings is 1. The molecule has 3 nitrogen and oxygen atoms in total. The van der Waals surface area contributed by atoms with Gasteiger partial charge in [-0.3, -0.25) is 4.90 Å². The van der Waals surface area contributed by atoms with Gasteiger partial charge in [-0.25, -0.2) is 0 Å². The highest BCUT2D eigenvalue weighted by Crippen LogP contribution is 2.24. The summed E-state index contributed by atoms with van der Waals surface area (Å²) in [7, 11) is 0. The van der Waals surface area contributed by atoms with Crippen molar-refractivity contribution in [1.29, 1.82) is 0 Å². The van der Waals surface area contributed by atoms with Gasteiger partial charge in [0.05, 0.1) is 0 Å². The highest BCUT2D eigenvalue weighted by Gasteiger charge is 2.17. The molecule has 1 aromatic carbocycles. The Kier molecular flexibility index (Phi) is 5.67. The molecule has 106 valence electrons. The van der Waals surface area contributed by atoms with E-state index < -0.39 is 0 Å². The van der Waals surface area contributed by atoms with E-state index in [1.54, 1.807) is 6.07 Å². The van der Waals surface area contributed by atoms with Gasteiger partial charge in [0.15, 0.2) is 0 Å². The molecule has 1 saturated heterocycles. The molecule has 2 rings (SSSR count). The van der Waals surface area contributed by atoms with Crippen LogP contribution in [0.4, 0.5) is 0 Å². The summed E-state index contributed by atoms with van der Waals surface area (Å²) in [4.78, 5) is 2.42. The molecule has 1 aromatic rings. The molecule has 1 unspecified atom stereocenters. The van der Waals surface area contributed by atoms with Gasteiger partial charge in [0.1, 0.15) is 5.75 Å². The maximum atomic E-state index is 9.93. The van der Waals surface area contributed by atoms with Crippen LogP contribution in [0.2, 0.25) is 0 Å². The van der Waals surface area contributed by atoms with Gasteiger partial charge >= 0.3 is 0 Å². The Hall–Kier alpha value is -0.580. The van der Waals surface area contributed by atoms with Gasteiger partial charge in [-0.05, 0) is 56.6 Å². The van der Waals surface area contributed by atoms with E-state index in [1.165, 1.54) is 12.8 Å². The molecule has 1 aliphatic heterocycles. The number of nitrogens with zero attached hydrogens (tertiary/aromatic N) is 1. The largest absolute Gasteiger partial charge is 0.508 e. The molecule has 0 spiro atoms. The quantitative estimate of drug-likeness (QED) is 0.873. The average molecular weight is 327 g/mol. The molecular weight excluding hydrogens is 304 g/mol. The van der Waals surface area contributed by atoms with Crippen LogP contribution in [0, 0.1) is 5.92 Å². The Morgan fingerprint density at radius 2 is 2.32 bits per heavy atom. The summed E-state index contributed by atoms with van der Waals surface area (Å²) in [5.74, 6) is 1.13. The molecule has 2 N–H and O–H groups in total. The zero-order valence-electron chi connectivity index (χ0n) is 11.5. The smallest absolute Gasteiger partial charge is 0.120 e. The van der Waals surface area contributed by atoms with E-state index in [0.717, 1.165) is 48.7 Å². The summed E-state index contributed by atoms with van der Waals surface area (Å²) >= 11 is 3.47. The van der Waals surface area contributed by atoms with Crippen LogP contribution in [-0.4, -0.2) is 36.2 Å². The minimum Gasteiger partial charge on any atom is -0.508 e. The first kappa shape index (κ1) is 14.8. The summed E-state index contributed by atoms with van der Waals surface area (Å²) in [6, 6.07) is 5.65. The van der Waals surface area contributed by atoms with E-state index in [0.29, 0.717) is 5.75 Å². The van der Waals surface area contributed by atoms with Crippen LogP contribution in [0.25, 0.3) is 0 Å². The van der Waals surface area contributed by atoms with Gasteiger partial charge in [0, 0.05) is 23.1 Å². The van der Waals surface area contributed by atoms with Crippen LogP contribution >= 0.6 is 15.9 Å². The summed E-state index contributed by atoms with van der Waals surface area (Å²) in [5, 5.41) is 13.4. The second-order valence-corrected chi connectivity index (χ2v) is 6.23. The van der Waals surface area contributed by atoms with Crippen molar-refractivity contribution in [2.75, 3.05) is 26.2 Å². The highest BCUT2D eigenvalue weighted by atomic mass is 79.9. The lowest BCUT2D eigenvalue weighted by molar-refractivity contribution is 0.208. The van der Waals surface area contributed by atoms with Crippen LogP contribution < -0.4 is 5.32 Å². The van der Waals surface area contributed by atoms with Crippen molar-refractivity contribution in [3.8, 4) is 5.75 Å². The standard InChI is InChI=1S/C15H23BrN2O/c1-2-18(10-12-4-3-7-17-9-12)11-13-8-14(16)5-6-15(13)19/h5-6,8,12,17,19H,2-4,7,9-11H2,1H3. The monoisotopic (exact) mass is 326 g/mol. The average Bonchev–Trinajstić information content (AvgIpc) is 2.43. The lowest BCUT2D eigenvalue weighted by Gasteiger charge is -2.29. The number of nitrogens with one attached hydrogen (secondary N) is 1. The zero-order chi connectivity index (χ0) is 13.7. The molecule has 19 heavy (non-hydrogen) atoms. The van der Waals surface area contributed by atoms with Crippen LogP contribution in [0.15, 0.2) is 22.7 Å². The SMILES string of the molecule is CCN(Cc1cc(Br)ccc1O)CC1CCCNC1. The number of halogens is 1. The highest BCUT2D eigenvalue weighted by molar-refractivity contribution is 9.10. The number of piperidine rings is 1. The molecule has 0 saturated carbocycles. The van der Waals surface area contributed by atoms with Gasteiger partial charge in [0.2, 0.25) is 0 Å². The fraction of sp³-hybridized carbons (Fsp3) is 0.600. The van der Waals surface area contributed by atoms with E-state index in [4.69, 9.17) is 0 Å². The van der Waals surface area contributed by atoms with Crippen molar-refractivity contribution >= 4 is 15.9 Å². The summed E-state index contributed by atoms with van der Waals surface area (Å²) in [5.41, 5.74) is 1.000. The molecule has 1 atom stereocenters. The van der Waals surface area contributed by atoms with Crippen LogP contribution in [0.1, 0.15) is 25.3 Å². The predicted molar refractivity (Wildman–Crippen MR) is 82.4 cm³/mol. The first-order valence-corrected chi connectivity index (χ1v) is 7.88. The van der Waals surface area contributed by atoms with E-state index >= 15 is 0 Å². The number of aromatic hydroxyl groups is 1. The topological polar surface area (TPSA) is 35.5 Å². The molecular formula is C15H23BrN2O. The van der Waals surface area contributed by atoms with Crippen molar-refractivity contribution < 1.29 is 5.11 Å². The number of hydrogen-bond acceptors (Lipinski definition) is 3. The van der Waals surface area contributed by atoms with E-state index in [1.807, 2.05) is 12.1 Å². The molecule has 4 heteroatoms. The Labute approximate surface area is 124 Å². The number of phenols is 1. The zero-order valence-corrected chi connectivity index (χ0v) is 13.1. The van der Waals surface area contributed by atoms with Gasteiger partial charge in [-0.1, -0.05) is 22.9 Å². The normalized spacial score (nSPS) is 19.8. The maximum absolute atomic E-state index is 9.93. The Morgan fingerprint density at radius 1 is 1.47 bits per heavy atom. The molecule has 1 aliphatic rings. The van der Waals surface area contributed by atoms with E-state index in [-0.39, 0.29) is 0 Å². The van der Waals surface area contributed by atoms with Gasteiger partial charge in [0.25, 0.3) is 0 Å². The lowest BCUT2D eigenvalue weighted by Crippen LogP contribution is -2.38. The predicted octanol–water partition coefficient (Wildman–Crippen LogP) is 2.98. The Bertz CT molecular complexity index is 405. The Balaban J connectivity index is 1.95. The number of rotatable bonds is 5. The second-order valence-electron chi connectivity index (χ2n) is 5.31. The molecule has 0 bridgehead atoms. The van der Waals surface area contributed by atoms with Crippen LogP contribution in [-0.2, 0) is 6.54 Å². The number of phenolic OH excluding ortho intramolecular Hbond substituents is 1. The number of hydrogen-bond donors (Lipinski definition) is 2. The third kappa shape index (κ3) is 4.48. The molecule has 1 heterocycles. The maximum Gasteiger partial charge on any atom is 0.120 e.